The maximum atomic E-state index is 12.6. The predicted octanol–water partition coefficient (Wildman–Crippen LogP) is 2.09. The quantitative estimate of drug-likeness (QED) is 0.788. The number of rotatable bonds is 4. The van der Waals surface area contributed by atoms with Gasteiger partial charge in [0.05, 0.1) is 6.04 Å². The van der Waals surface area contributed by atoms with Crippen LogP contribution in [-0.2, 0) is 19.2 Å². The van der Waals surface area contributed by atoms with E-state index in [-0.39, 0.29) is 24.1 Å². The Balaban J connectivity index is 1.96. The third kappa shape index (κ3) is 4.31. The second-order valence-corrected chi connectivity index (χ2v) is 6.75. The van der Waals surface area contributed by atoms with Crippen LogP contribution in [0.25, 0.3) is 0 Å². The Hall–Kier alpha value is -2.44. The highest BCUT2D eigenvalue weighted by atomic mass is 16.7. The van der Waals surface area contributed by atoms with Gasteiger partial charge in [0.2, 0.25) is 6.10 Å². The molecule has 1 amide bonds. The number of carbonyl (C=O) groups is 2. The zero-order valence-electron chi connectivity index (χ0n) is 14.6. The third-order valence-electron chi connectivity index (χ3n) is 3.67. The van der Waals surface area contributed by atoms with Crippen LogP contribution in [0.4, 0.5) is 0 Å². The molecule has 0 bridgehead atoms. The van der Waals surface area contributed by atoms with Gasteiger partial charge in [-0.2, -0.15) is 0 Å². The molecule has 2 atom stereocenters. The fourth-order valence-electron chi connectivity index (χ4n) is 2.23. The standard InChI is InChI=1S/C17H23N3O4/c1-11(12-7-6-8-18-10-12)20(5)15(21)14-9-13(19-24-14)16(22)23-17(2,3)4/h6-8,10-11,14H,9H2,1-5H3/t11-,14+/m0/s1. The van der Waals surface area contributed by atoms with Gasteiger partial charge < -0.3 is 14.5 Å². The number of pyridine rings is 1. The lowest BCUT2D eigenvalue weighted by Gasteiger charge is -2.26. The molecule has 1 aromatic rings. The number of esters is 1. The number of nitrogens with zero attached hydrogens (tertiary/aromatic N) is 3. The van der Waals surface area contributed by atoms with Crippen molar-refractivity contribution in [2.45, 2.75) is 51.9 Å². The molecule has 0 N–H and O–H groups in total. The second-order valence-electron chi connectivity index (χ2n) is 6.75. The molecular formula is C17H23N3O4. The number of likely N-dealkylation sites (N-methyl/N-ethyl adjacent to an activating group) is 1. The summed E-state index contributed by atoms with van der Waals surface area (Å²) in [6, 6.07) is 3.56. The van der Waals surface area contributed by atoms with Gasteiger partial charge >= 0.3 is 5.97 Å². The molecule has 1 aliphatic heterocycles. The van der Waals surface area contributed by atoms with Gasteiger partial charge in [-0.05, 0) is 39.3 Å². The van der Waals surface area contributed by atoms with Crippen molar-refractivity contribution in [3.05, 3.63) is 30.1 Å². The van der Waals surface area contributed by atoms with Crippen LogP contribution < -0.4 is 0 Å². The van der Waals surface area contributed by atoms with E-state index in [2.05, 4.69) is 10.1 Å². The summed E-state index contributed by atoms with van der Waals surface area (Å²) in [5, 5.41) is 3.72. The number of carbonyl (C=O) groups excluding carboxylic acids is 2. The van der Waals surface area contributed by atoms with E-state index in [9.17, 15) is 9.59 Å². The third-order valence-corrected chi connectivity index (χ3v) is 3.67. The SMILES string of the molecule is C[C@@H](c1cccnc1)N(C)C(=O)[C@H]1CC(C(=O)OC(C)(C)C)=NO1. The number of hydrogen-bond donors (Lipinski definition) is 0. The van der Waals surface area contributed by atoms with Gasteiger partial charge in [-0.1, -0.05) is 11.2 Å². The molecule has 0 saturated heterocycles. The van der Waals surface area contributed by atoms with Crippen LogP contribution in [0.3, 0.4) is 0 Å². The lowest BCUT2D eigenvalue weighted by atomic mass is 10.1. The Labute approximate surface area is 141 Å². The van der Waals surface area contributed by atoms with Crippen molar-refractivity contribution in [2.24, 2.45) is 5.16 Å². The van der Waals surface area contributed by atoms with Crippen molar-refractivity contribution < 1.29 is 19.2 Å². The Bertz CT molecular complexity index is 637. The number of ether oxygens (including phenoxy) is 1. The van der Waals surface area contributed by atoms with E-state index in [0.717, 1.165) is 5.56 Å². The highest BCUT2D eigenvalue weighted by Gasteiger charge is 2.36. The Kier molecular flexibility index (Phi) is 5.21. The molecule has 0 aromatic carbocycles. The summed E-state index contributed by atoms with van der Waals surface area (Å²) in [5.74, 6) is -0.797. The van der Waals surface area contributed by atoms with E-state index in [1.165, 1.54) is 0 Å². The normalized spacial score (nSPS) is 18.4. The second kappa shape index (κ2) is 6.98. The summed E-state index contributed by atoms with van der Waals surface area (Å²) in [4.78, 5) is 35.3. The van der Waals surface area contributed by atoms with Gasteiger partial charge in [-0.25, -0.2) is 4.79 Å². The lowest BCUT2D eigenvalue weighted by molar-refractivity contribution is -0.146. The topological polar surface area (TPSA) is 81.1 Å². The van der Waals surface area contributed by atoms with Crippen LogP contribution >= 0.6 is 0 Å². The van der Waals surface area contributed by atoms with Crippen LogP contribution in [0.5, 0.6) is 0 Å². The first-order chi connectivity index (χ1) is 11.2. The van der Waals surface area contributed by atoms with Crippen molar-refractivity contribution in [1.29, 1.82) is 0 Å². The number of amides is 1. The molecule has 0 spiro atoms. The molecule has 0 fully saturated rings. The summed E-state index contributed by atoms with van der Waals surface area (Å²) >= 11 is 0. The van der Waals surface area contributed by atoms with Crippen LogP contribution in [0, 0.1) is 0 Å². The molecule has 0 radical (unpaired) electrons. The molecule has 130 valence electrons. The molecule has 24 heavy (non-hydrogen) atoms. The Morgan fingerprint density at radius 2 is 2.12 bits per heavy atom. The first-order valence-electron chi connectivity index (χ1n) is 7.81. The van der Waals surface area contributed by atoms with Crippen LogP contribution in [-0.4, -0.2) is 46.2 Å². The van der Waals surface area contributed by atoms with Crippen molar-refractivity contribution in [3.63, 3.8) is 0 Å². The number of oxime groups is 1. The van der Waals surface area contributed by atoms with Gasteiger partial charge in [0.25, 0.3) is 5.91 Å². The van der Waals surface area contributed by atoms with Crippen LogP contribution in [0.2, 0.25) is 0 Å². The highest BCUT2D eigenvalue weighted by Crippen LogP contribution is 2.22. The van der Waals surface area contributed by atoms with Gasteiger partial charge in [-0.15, -0.1) is 0 Å². The molecule has 1 aliphatic rings. The van der Waals surface area contributed by atoms with Gasteiger partial charge in [0.1, 0.15) is 5.60 Å². The average molecular weight is 333 g/mol. The molecular weight excluding hydrogens is 310 g/mol. The first-order valence-corrected chi connectivity index (χ1v) is 7.81. The minimum absolute atomic E-state index is 0.109. The van der Waals surface area contributed by atoms with E-state index < -0.39 is 17.7 Å². The molecule has 7 nitrogen and oxygen atoms in total. The molecule has 7 heteroatoms. The van der Waals surface area contributed by atoms with Gasteiger partial charge in [-0.3, -0.25) is 9.78 Å². The lowest BCUT2D eigenvalue weighted by Crippen LogP contribution is -2.39. The van der Waals surface area contributed by atoms with Crippen LogP contribution in [0.15, 0.2) is 29.7 Å². The number of aromatic nitrogens is 1. The minimum atomic E-state index is -0.809. The van der Waals surface area contributed by atoms with Crippen molar-refractivity contribution in [3.8, 4) is 0 Å². The summed E-state index contributed by atoms with van der Waals surface area (Å²) < 4.78 is 5.24. The van der Waals surface area contributed by atoms with Crippen LogP contribution in [0.1, 0.15) is 45.7 Å². The Morgan fingerprint density at radius 1 is 1.42 bits per heavy atom. The fourth-order valence-corrected chi connectivity index (χ4v) is 2.23. The van der Waals surface area contributed by atoms with Crippen molar-refractivity contribution in [1.82, 2.24) is 9.88 Å². The smallest absolute Gasteiger partial charge is 0.356 e. The fraction of sp³-hybridized carbons (Fsp3) is 0.529. The summed E-state index contributed by atoms with van der Waals surface area (Å²) in [7, 11) is 1.69. The molecule has 0 aliphatic carbocycles. The van der Waals surface area contributed by atoms with E-state index >= 15 is 0 Å². The van der Waals surface area contributed by atoms with E-state index in [1.54, 1.807) is 45.1 Å². The largest absolute Gasteiger partial charge is 0.455 e. The molecule has 2 heterocycles. The predicted molar refractivity (Wildman–Crippen MR) is 88.2 cm³/mol. The first kappa shape index (κ1) is 17.9. The van der Waals surface area contributed by atoms with E-state index in [4.69, 9.17) is 9.57 Å². The Morgan fingerprint density at radius 3 is 2.71 bits per heavy atom. The minimum Gasteiger partial charge on any atom is -0.455 e. The zero-order valence-corrected chi connectivity index (χ0v) is 14.6. The monoisotopic (exact) mass is 333 g/mol. The maximum Gasteiger partial charge on any atom is 0.356 e. The van der Waals surface area contributed by atoms with Crippen molar-refractivity contribution in [2.75, 3.05) is 7.05 Å². The van der Waals surface area contributed by atoms with E-state index in [0.29, 0.717) is 0 Å². The summed E-state index contributed by atoms with van der Waals surface area (Å²) in [6.45, 7) is 7.22. The maximum absolute atomic E-state index is 12.6. The molecule has 0 saturated carbocycles. The molecule has 2 rings (SSSR count). The van der Waals surface area contributed by atoms with E-state index in [1.807, 2.05) is 19.1 Å². The average Bonchev–Trinajstić information content (AvgIpc) is 3.02. The van der Waals surface area contributed by atoms with Gasteiger partial charge in [0, 0.05) is 25.9 Å². The molecule has 1 aromatic heterocycles. The number of hydrogen-bond acceptors (Lipinski definition) is 6. The summed E-state index contributed by atoms with van der Waals surface area (Å²) in [5.41, 5.74) is 0.429. The highest BCUT2D eigenvalue weighted by molar-refractivity contribution is 6.37. The van der Waals surface area contributed by atoms with Crippen molar-refractivity contribution >= 4 is 17.6 Å². The van der Waals surface area contributed by atoms with Gasteiger partial charge in [0.15, 0.2) is 5.71 Å². The molecule has 0 unspecified atom stereocenters. The zero-order chi connectivity index (χ0) is 17.9. The summed E-state index contributed by atoms with van der Waals surface area (Å²) in [6.07, 6.45) is 2.69.